The average Bonchev–Trinajstić information content (AvgIpc) is 2.47. The van der Waals surface area contributed by atoms with Crippen LogP contribution in [-0.4, -0.2) is 45.9 Å². The molecule has 1 fully saturated rings. The highest BCUT2D eigenvalue weighted by Crippen LogP contribution is 2.26. The Morgan fingerprint density at radius 3 is 2.79 bits per heavy atom. The number of carbonyl (C=O) groups is 1. The molecule has 1 saturated heterocycles. The van der Waals surface area contributed by atoms with Gasteiger partial charge < -0.3 is 19.7 Å². The van der Waals surface area contributed by atoms with E-state index < -0.39 is 0 Å². The van der Waals surface area contributed by atoms with Crippen LogP contribution in [0.25, 0.3) is 0 Å². The Hall–Kier alpha value is -1.75. The number of hydrogen-bond donors (Lipinski definition) is 1. The van der Waals surface area contributed by atoms with Crippen LogP contribution < -0.4 is 10.2 Å². The third kappa shape index (κ3) is 3.17. The van der Waals surface area contributed by atoms with Gasteiger partial charge in [0.25, 0.3) is 0 Å². The summed E-state index contributed by atoms with van der Waals surface area (Å²) in [6.45, 7) is 5.17. The molecule has 1 aromatic rings. The highest BCUT2D eigenvalue weighted by atomic mass is 16.5. The van der Waals surface area contributed by atoms with Crippen molar-refractivity contribution in [3.63, 3.8) is 0 Å². The van der Waals surface area contributed by atoms with E-state index >= 15 is 0 Å². The number of esters is 1. The molecule has 1 aliphatic rings. The highest BCUT2D eigenvalue weighted by molar-refractivity contribution is 5.97. The topological polar surface area (TPSA) is 50.8 Å². The normalized spacial score (nSPS) is 15.2. The molecule has 1 heterocycles. The van der Waals surface area contributed by atoms with Gasteiger partial charge in [-0.15, -0.1) is 0 Å². The van der Waals surface area contributed by atoms with Crippen molar-refractivity contribution in [2.75, 3.05) is 50.2 Å². The summed E-state index contributed by atoms with van der Waals surface area (Å²) >= 11 is 0. The summed E-state index contributed by atoms with van der Waals surface area (Å²) in [6.07, 6.45) is 0. The van der Waals surface area contributed by atoms with Crippen LogP contribution in [0.4, 0.5) is 11.4 Å². The molecule has 5 heteroatoms. The molecule has 19 heavy (non-hydrogen) atoms. The molecule has 0 spiro atoms. The number of ether oxygens (including phenoxy) is 2. The van der Waals surface area contributed by atoms with Crippen molar-refractivity contribution in [3.05, 3.63) is 23.8 Å². The molecule has 0 saturated carbocycles. The average molecular weight is 264 g/mol. The van der Waals surface area contributed by atoms with Gasteiger partial charge in [0.1, 0.15) is 0 Å². The predicted octanol–water partition coefficient (Wildman–Crippen LogP) is 1.74. The van der Waals surface area contributed by atoms with Crippen LogP contribution in [0.5, 0.6) is 0 Å². The van der Waals surface area contributed by atoms with Crippen LogP contribution in [0.1, 0.15) is 17.3 Å². The molecule has 0 radical (unpaired) electrons. The Morgan fingerprint density at radius 1 is 1.42 bits per heavy atom. The number of benzene rings is 1. The van der Waals surface area contributed by atoms with Gasteiger partial charge in [0.05, 0.1) is 31.1 Å². The lowest BCUT2D eigenvalue weighted by Gasteiger charge is -2.30. The Morgan fingerprint density at radius 2 is 2.16 bits per heavy atom. The fourth-order valence-corrected chi connectivity index (χ4v) is 2.14. The molecule has 1 aromatic carbocycles. The third-order valence-corrected chi connectivity index (χ3v) is 3.13. The first kappa shape index (κ1) is 13.7. The van der Waals surface area contributed by atoms with Crippen molar-refractivity contribution in [2.24, 2.45) is 0 Å². The first-order valence-corrected chi connectivity index (χ1v) is 6.58. The van der Waals surface area contributed by atoms with Crippen LogP contribution in [0.2, 0.25) is 0 Å². The van der Waals surface area contributed by atoms with Crippen molar-refractivity contribution >= 4 is 17.3 Å². The maximum atomic E-state index is 12.1. The van der Waals surface area contributed by atoms with Crippen LogP contribution in [0.3, 0.4) is 0 Å². The zero-order valence-corrected chi connectivity index (χ0v) is 11.4. The molecule has 0 aliphatic carbocycles. The van der Waals surface area contributed by atoms with E-state index in [2.05, 4.69) is 10.2 Å². The van der Waals surface area contributed by atoms with Crippen molar-refractivity contribution in [1.29, 1.82) is 0 Å². The summed E-state index contributed by atoms with van der Waals surface area (Å²) < 4.78 is 10.5. The molecule has 0 bridgehead atoms. The molecule has 0 amide bonds. The Balaban J connectivity index is 2.32. The fraction of sp³-hybridized carbons (Fsp3) is 0.500. The van der Waals surface area contributed by atoms with E-state index in [9.17, 15) is 4.79 Å². The van der Waals surface area contributed by atoms with Crippen molar-refractivity contribution in [1.82, 2.24) is 0 Å². The zero-order valence-electron chi connectivity index (χ0n) is 11.4. The van der Waals surface area contributed by atoms with Gasteiger partial charge in [-0.25, -0.2) is 4.79 Å². The Kier molecular flexibility index (Phi) is 4.63. The summed E-state index contributed by atoms with van der Waals surface area (Å²) in [6, 6.07) is 5.76. The first-order chi connectivity index (χ1) is 9.26. The van der Waals surface area contributed by atoms with Gasteiger partial charge in [-0.1, -0.05) is 0 Å². The Labute approximate surface area is 113 Å². The van der Waals surface area contributed by atoms with Gasteiger partial charge in [0, 0.05) is 25.8 Å². The number of nitrogens with one attached hydrogen (secondary N) is 1. The van der Waals surface area contributed by atoms with Crippen LogP contribution >= 0.6 is 0 Å². The van der Waals surface area contributed by atoms with E-state index in [-0.39, 0.29) is 5.97 Å². The van der Waals surface area contributed by atoms with Crippen LogP contribution in [-0.2, 0) is 9.47 Å². The van der Waals surface area contributed by atoms with E-state index in [1.807, 2.05) is 32.2 Å². The smallest absolute Gasteiger partial charge is 0.340 e. The molecule has 104 valence electrons. The minimum atomic E-state index is -0.277. The van der Waals surface area contributed by atoms with Gasteiger partial charge in [0.2, 0.25) is 0 Å². The lowest BCUT2D eigenvalue weighted by atomic mass is 10.1. The monoisotopic (exact) mass is 264 g/mol. The van der Waals surface area contributed by atoms with E-state index in [4.69, 9.17) is 9.47 Å². The molecule has 5 nitrogen and oxygen atoms in total. The van der Waals surface area contributed by atoms with Gasteiger partial charge in [0.15, 0.2) is 0 Å². The predicted molar refractivity (Wildman–Crippen MR) is 75.0 cm³/mol. The van der Waals surface area contributed by atoms with Crippen molar-refractivity contribution < 1.29 is 14.3 Å². The molecular weight excluding hydrogens is 244 g/mol. The molecule has 0 atom stereocenters. The minimum absolute atomic E-state index is 0.277. The molecule has 2 rings (SSSR count). The second-order valence-electron chi connectivity index (χ2n) is 4.30. The SMILES string of the molecule is CCOC(=O)c1cc(NC)ccc1N1CCOCC1. The largest absolute Gasteiger partial charge is 0.462 e. The van der Waals surface area contributed by atoms with E-state index in [1.54, 1.807) is 0 Å². The number of anilines is 2. The molecule has 1 aliphatic heterocycles. The summed E-state index contributed by atoms with van der Waals surface area (Å²) in [5.74, 6) is -0.277. The number of carbonyl (C=O) groups excluding carboxylic acids is 1. The molecule has 1 N–H and O–H groups in total. The summed E-state index contributed by atoms with van der Waals surface area (Å²) in [7, 11) is 1.83. The third-order valence-electron chi connectivity index (χ3n) is 3.13. The second-order valence-corrected chi connectivity index (χ2v) is 4.30. The van der Waals surface area contributed by atoms with E-state index in [1.165, 1.54) is 0 Å². The highest BCUT2D eigenvalue weighted by Gasteiger charge is 2.19. The van der Waals surface area contributed by atoms with Crippen molar-refractivity contribution in [3.8, 4) is 0 Å². The second kappa shape index (κ2) is 6.43. The van der Waals surface area contributed by atoms with Gasteiger partial charge in [-0.2, -0.15) is 0 Å². The quantitative estimate of drug-likeness (QED) is 0.840. The summed E-state index contributed by atoms with van der Waals surface area (Å²) in [5.41, 5.74) is 2.43. The number of hydrogen-bond acceptors (Lipinski definition) is 5. The molecule has 0 unspecified atom stereocenters. The zero-order chi connectivity index (χ0) is 13.7. The van der Waals surface area contributed by atoms with E-state index in [0.717, 1.165) is 24.5 Å². The van der Waals surface area contributed by atoms with Gasteiger partial charge in [-0.3, -0.25) is 0 Å². The number of morpholine rings is 1. The minimum Gasteiger partial charge on any atom is -0.462 e. The number of nitrogens with zero attached hydrogens (tertiary/aromatic N) is 1. The fourth-order valence-electron chi connectivity index (χ4n) is 2.14. The van der Waals surface area contributed by atoms with E-state index in [0.29, 0.717) is 25.4 Å². The lowest BCUT2D eigenvalue weighted by molar-refractivity contribution is 0.0526. The number of rotatable bonds is 4. The summed E-state index contributed by atoms with van der Waals surface area (Å²) in [4.78, 5) is 14.2. The van der Waals surface area contributed by atoms with Crippen LogP contribution in [0, 0.1) is 0 Å². The standard InChI is InChI=1S/C14H20N2O3/c1-3-19-14(17)12-10-11(15-2)4-5-13(12)16-6-8-18-9-7-16/h4-5,10,15H,3,6-9H2,1-2H3. The van der Waals surface area contributed by atoms with Gasteiger partial charge >= 0.3 is 5.97 Å². The maximum absolute atomic E-state index is 12.1. The maximum Gasteiger partial charge on any atom is 0.340 e. The van der Waals surface area contributed by atoms with Crippen molar-refractivity contribution in [2.45, 2.75) is 6.92 Å². The molecular formula is C14H20N2O3. The van der Waals surface area contributed by atoms with Crippen LogP contribution in [0.15, 0.2) is 18.2 Å². The first-order valence-electron chi connectivity index (χ1n) is 6.58. The summed E-state index contributed by atoms with van der Waals surface area (Å²) in [5, 5.41) is 3.04. The van der Waals surface area contributed by atoms with Gasteiger partial charge in [-0.05, 0) is 25.1 Å². The Bertz CT molecular complexity index is 442. The molecule has 0 aromatic heterocycles. The lowest BCUT2D eigenvalue weighted by Crippen LogP contribution is -2.37.